The van der Waals surface area contributed by atoms with Crippen LogP contribution in [0.5, 0.6) is 5.75 Å². The van der Waals surface area contributed by atoms with Gasteiger partial charge in [0.2, 0.25) is 0 Å². The summed E-state index contributed by atoms with van der Waals surface area (Å²) in [6.07, 6.45) is 1.86. The number of rotatable bonds is 10. The predicted octanol–water partition coefficient (Wildman–Crippen LogP) is 2.77. The van der Waals surface area contributed by atoms with E-state index < -0.39 is 0 Å². The van der Waals surface area contributed by atoms with Crippen LogP contribution >= 0.6 is 0 Å². The summed E-state index contributed by atoms with van der Waals surface area (Å²) in [5.74, 6) is 2.35. The smallest absolute Gasteiger partial charge is 0.190 e. The van der Waals surface area contributed by atoms with Gasteiger partial charge in [0.15, 0.2) is 5.96 Å². The third-order valence-corrected chi connectivity index (χ3v) is 3.56. The van der Waals surface area contributed by atoms with Crippen LogP contribution in [0.3, 0.4) is 0 Å². The average molecular weight is 335 g/mol. The zero-order chi connectivity index (χ0) is 17.8. The molecule has 1 rings (SSSR count). The van der Waals surface area contributed by atoms with Crippen molar-refractivity contribution < 1.29 is 9.47 Å². The van der Waals surface area contributed by atoms with E-state index in [1.165, 1.54) is 11.1 Å². The first-order valence-corrected chi connectivity index (χ1v) is 8.72. The Balaban J connectivity index is 2.26. The van der Waals surface area contributed by atoms with Gasteiger partial charge in [0.1, 0.15) is 5.75 Å². The molecule has 24 heavy (non-hydrogen) atoms. The summed E-state index contributed by atoms with van der Waals surface area (Å²) >= 11 is 0. The zero-order valence-electron chi connectivity index (χ0n) is 15.8. The molecule has 5 nitrogen and oxygen atoms in total. The minimum Gasteiger partial charge on any atom is -0.496 e. The molecule has 0 spiro atoms. The lowest BCUT2D eigenvalue weighted by molar-refractivity contribution is 0.108. The number of guanidine groups is 1. The predicted molar refractivity (Wildman–Crippen MR) is 101 cm³/mol. The molecule has 0 aliphatic rings. The molecule has 0 heterocycles. The van der Waals surface area contributed by atoms with Crippen LogP contribution in [0.25, 0.3) is 0 Å². The van der Waals surface area contributed by atoms with Gasteiger partial charge >= 0.3 is 0 Å². The maximum Gasteiger partial charge on any atom is 0.190 e. The Labute approximate surface area is 146 Å². The molecule has 0 saturated heterocycles. The Kier molecular flexibility index (Phi) is 9.92. The first kappa shape index (κ1) is 20.3. The van der Waals surface area contributed by atoms with Crippen molar-refractivity contribution in [2.75, 3.05) is 40.5 Å². The Bertz CT molecular complexity index is 501. The highest BCUT2D eigenvalue weighted by atomic mass is 16.5. The van der Waals surface area contributed by atoms with Crippen molar-refractivity contribution in [3.05, 3.63) is 29.3 Å². The highest BCUT2D eigenvalue weighted by Crippen LogP contribution is 2.19. The number of ether oxygens (including phenoxy) is 2. The number of nitrogens with zero attached hydrogens (tertiary/aromatic N) is 1. The first-order chi connectivity index (χ1) is 11.6. The van der Waals surface area contributed by atoms with E-state index in [9.17, 15) is 0 Å². The summed E-state index contributed by atoms with van der Waals surface area (Å²) in [6.45, 7) is 9.68. The van der Waals surface area contributed by atoms with Crippen LogP contribution in [0.2, 0.25) is 0 Å². The molecular weight excluding hydrogens is 302 g/mol. The standard InChI is InChI=1S/C19H33N3O2/c1-15(2)14-24-12-6-10-21-19(20-4)22-11-9-17-13-16(3)7-8-18(17)23-5/h7-8,13,15H,6,9-12,14H2,1-5H3,(H2,20,21,22). The molecule has 5 heteroatoms. The lowest BCUT2D eigenvalue weighted by Crippen LogP contribution is -2.39. The van der Waals surface area contributed by atoms with E-state index >= 15 is 0 Å². The summed E-state index contributed by atoms with van der Waals surface area (Å²) in [4.78, 5) is 4.25. The molecule has 2 N–H and O–H groups in total. The van der Waals surface area contributed by atoms with Crippen LogP contribution in [-0.2, 0) is 11.2 Å². The van der Waals surface area contributed by atoms with Crippen molar-refractivity contribution in [2.45, 2.75) is 33.6 Å². The average Bonchev–Trinajstić information content (AvgIpc) is 2.56. The molecule has 0 aromatic heterocycles. The van der Waals surface area contributed by atoms with Crippen LogP contribution in [0.15, 0.2) is 23.2 Å². The second-order valence-electron chi connectivity index (χ2n) is 6.31. The van der Waals surface area contributed by atoms with Crippen molar-refractivity contribution in [2.24, 2.45) is 10.9 Å². The number of nitrogens with one attached hydrogen (secondary N) is 2. The SMILES string of the molecule is CN=C(NCCCOCC(C)C)NCCc1cc(C)ccc1OC. The van der Waals surface area contributed by atoms with Gasteiger partial charge in [-0.15, -0.1) is 0 Å². The third kappa shape index (κ3) is 8.20. The highest BCUT2D eigenvalue weighted by Gasteiger charge is 2.04. The molecule has 1 aromatic rings. The molecular formula is C19H33N3O2. The van der Waals surface area contributed by atoms with Crippen molar-refractivity contribution in [1.29, 1.82) is 0 Å². The topological polar surface area (TPSA) is 54.9 Å². The van der Waals surface area contributed by atoms with E-state index in [1.807, 2.05) is 6.07 Å². The number of benzene rings is 1. The van der Waals surface area contributed by atoms with Crippen molar-refractivity contribution in [3.63, 3.8) is 0 Å². The van der Waals surface area contributed by atoms with E-state index in [2.05, 4.69) is 48.5 Å². The van der Waals surface area contributed by atoms with E-state index in [4.69, 9.17) is 9.47 Å². The Morgan fingerprint density at radius 3 is 2.62 bits per heavy atom. The minimum absolute atomic E-state index is 0.589. The molecule has 0 fully saturated rings. The van der Waals surface area contributed by atoms with Gasteiger partial charge in [0.25, 0.3) is 0 Å². The number of hydrogen-bond donors (Lipinski definition) is 2. The van der Waals surface area contributed by atoms with Crippen LogP contribution in [0, 0.1) is 12.8 Å². The largest absolute Gasteiger partial charge is 0.496 e. The summed E-state index contributed by atoms with van der Waals surface area (Å²) in [7, 11) is 3.50. The van der Waals surface area contributed by atoms with E-state index in [-0.39, 0.29) is 0 Å². The molecule has 1 aromatic carbocycles. The van der Waals surface area contributed by atoms with Crippen molar-refractivity contribution in [1.82, 2.24) is 10.6 Å². The number of aliphatic imine (C=N–C) groups is 1. The summed E-state index contributed by atoms with van der Waals surface area (Å²) in [5, 5.41) is 6.65. The number of aryl methyl sites for hydroxylation is 1. The highest BCUT2D eigenvalue weighted by molar-refractivity contribution is 5.79. The first-order valence-electron chi connectivity index (χ1n) is 8.72. The lowest BCUT2D eigenvalue weighted by Gasteiger charge is -2.14. The fourth-order valence-electron chi connectivity index (χ4n) is 2.34. The summed E-state index contributed by atoms with van der Waals surface area (Å²) in [6, 6.07) is 6.26. The summed E-state index contributed by atoms with van der Waals surface area (Å²) in [5.41, 5.74) is 2.46. The third-order valence-electron chi connectivity index (χ3n) is 3.56. The molecule has 0 amide bonds. The minimum atomic E-state index is 0.589. The van der Waals surface area contributed by atoms with Crippen LogP contribution in [0.4, 0.5) is 0 Å². The van der Waals surface area contributed by atoms with Gasteiger partial charge in [-0.3, -0.25) is 4.99 Å². The molecule has 0 aliphatic carbocycles. The summed E-state index contributed by atoms with van der Waals surface area (Å²) < 4.78 is 11.0. The molecule has 0 bridgehead atoms. The molecule has 0 radical (unpaired) electrons. The normalized spacial score (nSPS) is 11.7. The maximum atomic E-state index is 5.57. The molecule has 0 unspecified atom stereocenters. The van der Waals surface area contributed by atoms with Gasteiger partial charge in [-0.1, -0.05) is 31.5 Å². The quantitative estimate of drug-likeness (QED) is 0.392. The molecule has 136 valence electrons. The molecule has 0 atom stereocenters. The van der Waals surface area contributed by atoms with Gasteiger partial charge < -0.3 is 20.1 Å². The van der Waals surface area contributed by atoms with Crippen LogP contribution in [-0.4, -0.2) is 46.4 Å². The molecule has 0 saturated carbocycles. The fraction of sp³-hybridized carbons (Fsp3) is 0.632. The fourth-order valence-corrected chi connectivity index (χ4v) is 2.34. The molecule has 0 aliphatic heterocycles. The van der Waals surface area contributed by atoms with Gasteiger partial charge in [-0.05, 0) is 37.3 Å². The zero-order valence-corrected chi connectivity index (χ0v) is 15.8. The Hall–Kier alpha value is -1.75. The van der Waals surface area contributed by atoms with Gasteiger partial charge in [-0.25, -0.2) is 0 Å². The van der Waals surface area contributed by atoms with Crippen LogP contribution < -0.4 is 15.4 Å². The van der Waals surface area contributed by atoms with Crippen LogP contribution in [0.1, 0.15) is 31.4 Å². The van der Waals surface area contributed by atoms with Crippen molar-refractivity contribution >= 4 is 5.96 Å². The van der Waals surface area contributed by atoms with Gasteiger partial charge in [0.05, 0.1) is 7.11 Å². The van der Waals surface area contributed by atoms with E-state index in [0.29, 0.717) is 5.92 Å². The lowest BCUT2D eigenvalue weighted by atomic mass is 10.1. The Morgan fingerprint density at radius 1 is 1.21 bits per heavy atom. The van der Waals surface area contributed by atoms with Gasteiger partial charge in [0, 0.05) is 33.4 Å². The second-order valence-corrected chi connectivity index (χ2v) is 6.31. The number of methoxy groups -OCH3 is 1. The maximum absolute atomic E-state index is 5.57. The van der Waals surface area contributed by atoms with E-state index in [0.717, 1.165) is 50.9 Å². The van der Waals surface area contributed by atoms with E-state index in [1.54, 1.807) is 14.2 Å². The number of hydrogen-bond acceptors (Lipinski definition) is 3. The van der Waals surface area contributed by atoms with Gasteiger partial charge in [-0.2, -0.15) is 0 Å². The monoisotopic (exact) mass is 335 g/mol. The van der Waals surface area contributed by atoms with Crippen molar-refractivity contribution in [3.8, 4) is 5.75 Å². The Morgan fingerprint density at radius 2 is 1.96 bits per heavy atom. The second kappa shape index (κ2) is 11.7.